The van der Waals surface area contributed by atoms with Crippen molar-refractivity contribution in [3.05, 3.63) is 29.8 Å². The van der Waals surface area contributed by atoms with Crippen molar-refractivity contribution in [2.75, 3.05) is 6.54 Å². The minimum atomic E-state index is -4.74. The number of alkyl halides is 3. The number of rotatable bonds is 4. The first-order chi connectivity index (χ1) is 10.8. The highest BCUT2D eigenvalue weighted by Crippen LogP contribution is 2.23. The molecule has 3 N–H and O–H groups in total. The third-order valence-corrected chi connectivity index (χ3v) is 3.46. The van der Waals surface area contributed by atoms with E-state index in [4.69, 9.17) is 5.73 Å². The molecule has 1 heterocycles. The average molecular weight is 331 g/mol. The molecule has 0 spiro atoms. The van der Waals surface area contributed by atoms with Crippen LogP contribution in [-0.4, -0.2) is 35.8 Å². The summed E-state index contributed by atoms with van der Waals surface area (Å²) >= 11 is 0. The van der Waals surface area contributed by atoms with Crippen molar-refractivity contribution in [3.8, 4) is 5.75 Å². The van der Waals surface area contributed by atoms with Crippen molar-refractivity contribution in [2.45, 2.75) is 31.8 Å². The van der Waals surface area contributed by atoms with Gasteiger partial charge in [0.1, 0.15) is 11.8 Å². The van der Waals surface area contributed by atoms with Crippen LogP contribution < -0.4 is 15.8 Å². The molecule has 126 valence electrons. The predicted molar refractivity (Wildman–Crippen MR) is 74.3 cm³/mol. The lowest BCUT2D eigenvalue weighted by molar-refractivity contribution is -0.274. The fraction of sp³-hybridized carbons (Fsp3) is 0.429. The number of ether oxygens (including phenoxy) is 1. The van der Waals surface area contributed by atoms with E-state index < -0.39 is 18.4 Å². The molecule has 1 fully saturated rings. The Hall–Kier alpha value is -2.45. The third kappa shape index (κ3) is 4.76. The molecule has 23 heavy (non-hydrogen) atoms. The molecular weight excluding hydrogens is 315 g/mol. The molecule has 1 unspecified atom stereocenters. The Labute approximate surface area is 130 Å². The van der Waals surface area contributed by atoms with Gasteiger partial charge in [0, 0.05) is 13.1 Å². The van der Waals surface area contributed by atoms with Gasteiger partial charge in [-0.05, 0) is 30.5 Å². The maximum absolute atomic E-state index is 12.1. The first kappa shape index (κ1) is 16.9. The SMILES string of the molecule is NC(=O)N1CCCC1C(=O)NCc1ccc(OC(F)(F)F)cc1. The van der Waals surface area contributed by atoms with Gasteiger partial charge in [0.15, 0.2) is 0 Å². The Morgan fingerprint density at radius 2 is 1.96 bits per heavy atom. The van der Waals surface area contributed by atoms with Crippen LogP contribution in [0.4, 0.5) is 18.0 Å². The van der Waals surface area contributed by atoms with Gasteiger partial charge < -0.3 is 20.7 Å². The topological polar surface area (TPSA) is 84.7 Å². The zero-order valence-electron chi connectivity index (χ0n) is 12.1. The molecule has 2 rings (SSSR count). The molecule has 0 aliphatic carbocycles. The van der Waals surface area contributed by atoms with Crippen molar-refractivity contribution in [1.29, 1.82) is 0 Å². The van der Waals surface area contributed by atoms with E-state index in [0.717, 1.165) is 0 Å². The summed E-state index contributed by atoms with van der Waals surface area (Å²) in [6.45, 7) is 0.575. The minimum Gasteiger partial charge on any atom is -0.406 e. The normalized spacial score (nSPS) is 17.9. The summed E-state index contributed by atoms with van der Waals surface area (Å²) in [6, 6.07) is 3.93. The third-order valence-electron chi connectivity index (χ3n) is 3.46. The van der Waals surface area contributed by atoms with Gasteiger partial charge >= 0.3 is 12.4 Å². The second-order valence-electron chi connectivity index (χ2n) is 5.10. The number of hydrogen-bond acceptors (Lipinski definition) is 3. The fourth-order valence-corrected chi connectivity index (χ4v) is 2.42. The number of nitrogens with two attached hydrogens (primary N) is 1. The number of urea groups is 1. The van der Waals surface area contributed by atoms with E-state index in [1.54, 1.807) is 0 Å². The lowest BCUT2D eigenvalue weighted by Crippen LogP contribution is -2.47. The number of nitrogens with zero attached hydrogens (tertiary/aromatic N) is 1. The van der Waals surface area contributed by atoms with Crippen LogP contribution in [0.1, 0.15) is 18.4 Å². The molecule has 1 aromatic carbocycles. The molecule has 0 aromatic heterocycles. The molecule has 1 atom stereocenters. The number of carbonyl (C=O) groups excluding carboxylic acids is 2. The van der Waals surface area contributed by atoms with E-state index in [1.807, 2.05) is 0 Å². The molecule has 0 radical (unpaired) electrons. The number of benzene rings is 1. The Bertz CT molecular complexity index is 575. The summed E-state index contributed by atoms with van der Waals surface area (Å²) in [5, 5.41) is 2.64. The summed E-state index contributed by atoms with van der Waals surface area (Å²) < 4.78 is 39.9. The van der Waals surface area contributed by atoms with Crippen LogP contribution in [0, 0.1) is 0 Å². The van der Waals surface area contributed by atoms with Gasteiger partial charge in [0.2, 0.25) is 5.91 Å². The molecule has 1 aromatic rings. The van der Waals surface area contributed by atoms with Gasteiger partial charge in [0.05, 0.1) is 0 Å². The molecule has 9 heteroatoms. The van der Waals surface area contributed by atoms with Crippen molar-refractivity contribution >= 4 is 11.9 Å². The largest absolute Gasteiger partial charge is 0.573 e. The van der Waals surface area contributed by atoms with Crippen LogP contribution in [0.2, 0.25) is 0 Å². The quantitative estimate of drug-likeness (QED) is 0.881. The highest BCUT2D eigenvalue weighted by atomic mass is 19.4. The monoisotopic (exact) mass is 331 g/mol. The van der Waals surface area contributed by atoms with Crippen LogP contribution in [-0.2, 0) is 11.3 Å². The van der Waals surface area contributed by atoms with E-state index in [0.29, 0.717) is 24.9 Å². The van der Waals surface area contributed by atoms with Crippen LogP contribution >= 0.6 is 0 Å². The zero-order valence-corrected chi connectivity index (χ0v) is 12.1. The maximum Gasteiger partial charge on any atom is 0.573 e. The van der Waals surface area contributed by atoms with Crippen molar-refractivity contribution < 1.29 is 27.5 Å². The number of hydrogen-bond donors (Lipinski definition) is 2. The molecule has 1 aliphatic rings. The van der Waals surface area contributed by atoms with Gasteiger partial charge in [0.25, 0.3) is 0 Å². The Morgan fingerprint density at radius 3 is 2.52 bits per heavy atom. The standard InChI is InChI=1S/C14H16F3N3O3/c15-14(16,17)23-10-5-3-9(4-6-10)8-19-12(21)11-2-1-7-20(11)13(18)22/h3-6,11H,1-2,7-8H2,(H2,18,22)(H,19,21). The summed E-state index contributed by atoms with van der Waals surface area (Å²) in [5.74, 6) is -0.666. The van der Waals surface area contributed by atoms with Gasteiger partial charge in [-0.1, -0.05) is 12.1 Å². The number of likely N-dealkylation sites (tertiary alicyclic amines) is 1. The first-order valence-electron chi connectivity index (χ1n) is 6.95. The van der Waals surface area contributed by atoms with Crippen LogP contribution in [0.3, 0.4) is 0 Å². The highest BCUT2D eigenvalue weighted by molar-refractivity contribution is 5.87. The van der Waals surface area contributed by atoms with E-state index in [9.17, 15) is 22.8 Å². The Kier molecular flexibility index (Phi) is 4.97. The van der Waals surface area contributed by atoms with Crippen LogP contribution in [0.5, 0.6) is 5.75 Å². The molecule has 1 saturated heterocycles. The molecule has 3 amide bonds. The lowest BCUT2D eigenvalue weighted by atomic mass is 10.2. The van der Waals surface area contributed by atoms with Crippen molar-refractivity contribution in [1.82, 2.24) is 10.2 Å². The molecular formula is C14H16F3N3O3. The number of primary amides is 1. The molecule has 6 nitrogen and oxygen atoms in total. The smallest absolute Gasteiger partial charge is 0.406 e. The van der Waals surface area contributed by atoms with Gasteiger partial charge in [-0.2, -0.15) is 0 Å². The second kappa shape index (κ2) is 6.76. The maximum atomic E-state index is 12.1. The molecule has 0 saturated carbocycles. The number of nitrogens with one attached hydrogen (secondary N) is 1. The summed E-state index contributed by atoms with van der Waals surface area (Å²) in [6.07, 6.45) is -3.51. The second-order valence-corrected chi connectivity index (χ2v) is 5.10. The Morgan fingerprint density at radius 1 is 1.30 bits per heavy atom. The van der Waals surface area contributed by atoms with E-state index in [1.165, 1.54) is 29.2 Å². The van der Waals surface area contributed by atoms with Gasteiger partial charge in [-0.25, -0.2) is 4.79 Å². The van der Waals surface area contributed by atoms with Crippen LogP contribution in [0.25, 0.3) is 0 Å². The van der Waals surface area contributed by atoms with Crippen LogP contribution in [0.15, 0.2) is 24.3 Å². The lowest BCUT2D eigenvalue weighted by Gasteiger charge is -2.21. The van der Waals surface area contributed by atoms with Gasteiger partial charge in [-0.15, -0.1) is 13.2 Å². The average Bonchev–Trinajstić information content (AvgIpc) is 2.94. The minimum absolute atomic E-state index is 0.133. The molecule has 1 aliphatic heterocycles. The summed E-state index contributed by atoms with van der Waals surface area (Å²) in [4.78, 5) is 24.6. The number of amides is 3. The molecule has 0 bridgehead atoms. The van der Waals surface area contributed by atoms with Crippen molar-refractivity contribution in [2.24, 2.45) is 5.73 Å². The fourth-order valence-electron chi connectivity index (χ4n) is 2.42. The van der Waals surface area contributed by atoms with E-state index in [-0.39, 0.29) is 18.2 Å². The summed E-state index contributed by atoms with van der Waals surface area (Å²) in [5.41, 5.74) is 5.81. The summed E-state index contributed by atoms with van der Waals surface area (Å²) in [7, 11) is 0. The van der Waals surface area contributed by atoms with Gasteiger partial charge in [-0.3, -0.25) is 4.79 Å². The first-order valence-corrected chi connectivity index (χ1v) is 6.95. The number of halogens is 3. The number of carbonyl (C=O) groups is 2. The Balaban J connectivity index is 1.88. The van der Waals surface area contributed by atoms with E-state index in [2.05, 4.69) is 10.1 Å². The predicted octanol–water partition coefficient (Wildman–Crippen LogP) is 1.74. The highest BCUT2D eigenvalue weighted by Gasteiger charge is 2.33. The zero-order chi connectivity index (χ0) is 17.0. The van der Waals surface area contributed by atoms with Crippen molar-refractivity contribution in [3.63, 3.8) is 0 Å². The van der Waals surface area contributed by atoms with E-state index >= 15 is 0 Å².